The van der Waals surface area contributed by atoms with Crippen LogP contribution in [-0.4, -0.2) is 11.9 Å². The van der Waals surface area contributed by atoms with E-state index in [0.717, 1.165) is 29.7 Å². The van der Waals surface area contributed by atoms with Gasteiger partial charge in [0.1, 0.15) is 0 Å². The standard InChI is InChI=1S/C18H22N2O/c1-2-8-15(19)13-18(21)20-17-12-7-6-11-16(17)14-9-4-3-5-10-14/h3-7,9-12,15H,2,8,13,19H2,1H3,(H,20,21). The van der Waals surface area contributed by atoms with Crippen molar-refractivity contribution >= 4 is 11.6 Å². The number of para-hydroxylation sites is 1. The van der Waals surface area contributed by atoms with Crippen LogP contribution in [-0.2, 0) is 4.79 Å². The summed E-state index contributed by atoms with van der Waals surface area (Å²) in [6, 6.07) is 17.8. The quantitative estimate of drug-likeness (QED) is 0.846. The molecule has 2 aromatic carbocycles. The van der Waals surface area contributed by atoms with Crippen molar-refractivity contribution in [2.24, 2.45) is 5.73 Å². The highest BCUT2D eigenvalue weighted by molar-refractivity contribution is 5.95. The van der Waals surface area contributed by atoms with E-state index < -0.39 is 0 Å². The van der Waals surface area contributed by atoms with Crippen LogP contribution in [0.1, 0.15) is 26.2 Å². The van der Waals surface area contributed by atoms with Crippen molar-refractivity contribution in [3.8, 4) is 11.1 Å². The smallest absolute Gasteiger partial charge is 0.225 e. The molecular formula is C18H22N2O. The number of benzene rings is 2. The molecule has 3 heteroatoms. The van der Waals surface area contributed by atoms with E-state index in [4.69, 9.17) is 5.73 Å². The van der Waals surface area contributed by atoms with E-state index in [0.29, 0.717) is 6.42 Å². The van der Waals surface area contributed by atoms with Crippen LogP contribution in [0, 0.1) is 0 Å². The van der Waals surface area contributed by atoms with Crippen LogP contribution in [0.5, 0.6) is 0 Å². The van der Waals surface area contributed by atoms with Crippen molar-refractivity contribution in [2.45, 2.75) is 32.2 Å². The predicted octanol–water partition coefficient (Wildman–Crippen LogP) is 3.81. The fraction of sp³-hybridized carbons (Fsp3) is 0.278. The van der Waals surface area contributed by atoms with Gasteiger partial charge >= 0.3 is 0 Å². The Bertz CT molecular complexity index is 581. The minimum Gasteiger partial charge on any atom is -0.327 e. The van der Waals surface area contributed by atoms with Gasteiger partial charge in [0, 0.05) is 23.7 Å². The number of nitrogens with one attached hydrogen (secondary N) is 1. The number of anilines is 1. The first-order chi connectivity index (χ1) is 10.2. The molecule has 1 amide bonds. The summed E-state index contributed by atoms with van der Waals surface area (Å²) in [5.41, 5.74) is 8.87. The summed E-state index contributed by atoms with van der Waals surface area (Å²) >= 11 is 0. The molecule has 3 N–H and O–H groups in total. The number of amides is 1. The van der Waals surface area contributed by atoms with E-state index in [2.05, 4.69) is 12.2 Å². The second-order valence-electron chi connectivity index (χ2n) is 5.21. The molecule has 3 nitrogen and oxygen atoms in total. The summed E-state index contributed by atoms with van der Waals surface area (Å²) in [7, 11) is 0. The maximum absolute atomic E-state index is 12.1. The maximum Gasteiger partial charge on any atom is 0.225 e. The summed E-state index contributed by atoms with van der Waals surface area (Å²) in [4.78, 5) is 12.1. The van der Waals surface area contributed by atoms with Gasteiger partial charge in [-0.15, -0.1) is 0 Å². The van der Waals surface area contributed by atoms with Gasteiger partial charge in [-0.1, -0.05) is 61.9 Å². The van der Waals surface area contributed by atoms with Crippen LogP contribution >= 0.6 is 0 Å². The molecule has 1 unspecified atom stereocenters. The van der Waals surface area contributed by atoms with Crippen molar-refractivity contribution in [2.75, 3.05) is 5.32 Å². The normalized spacial score (nSPS) is 11.9. The van der Waals surface area contributed by atoms with Crippen molar-refractivity contribution in [3.05, 3.63) is 54.6 Å². The average Bonchev–Trinajstić information content (AvgIpc) is 2.48. The van der Waals surface area contributed by atoms with Gasteiger partial charge in [-0.05, 0) is 18.1 Å². The second-order valence-corrected chi connectivity index (χ2v) is 5.21. The average molecular weight is 282 g/mol. The van der Waals surface area contributed by atoms with Crippen LogP contribution in [0.25, 0.3) is 11.1 Å². The zero-order chi connectivity index (χ0) is 15.1. The SMILES string of the molecule is CCCC(N)CC(=O)Nc1ccccc1-c1ccccc1. The molecule has 0 aliphatic carbocycles. The molecule has 21 heavy (non-hydrogen) atoms. The first-order valence-electron chi connectivity index (χ1n) is 7.40. The predicted molar refractivity (Wildman–Crippen MR) is 88.0 cm³/mol. The fourth-order valence-corrected chi connectivity index (χ4v) is 2.37. The molecule has 0 aliphatic heterocycles. The van der Waals surface area contributed by atoms with Crippen molar-refractivity contribution < 1.29 is 4.79 Å². The van der Waals surface area contributed by atoms with Gasteiger partial charge in [0.05, 0.1) is 0 Å². The molecule has 2 rings (SSSR count). The maximum atomic E-state index is 12.1. The third-order valence-electron chi connectivity index (χ3n) is 3.39. The molecule has 110 valence electrons. The third kappa shape index (κ3) is 4.43. The van der Waals surface area contributed by atoms with Gasteiger partial charge in [0.2, 0.25) is 5.91 Å². The Hall–Kier alpha value is -2.13. The van der Waals surface area contributed by atoms with Crippen molar-refractivity contribution in [3.63, 3.8) is 0 Å². The van der Waals surface area contributed by atoms with E-state index in [1.165, 1.54) is 0 Å². The molecule has 0 saturated heterocycles. The summed E-state index contributed by atoms with van der Waals surface area (Å²) in [6.07, 6.45) is 2.22. The molecule has 0 saturated carbocycles. The zero-order valence-electron chi connectivity index (χ0n) is 12.4. The lowest BCUT2D eigenvalue weighted by molar-refractivity contribution is -0.116. The van der Waals surface area contributed by atoms with Gasteiger partial charge in [0.15, 0.2) is 0 Å². The van der Waals surface area contributed by atoms with Gasteiger partial charge < -0.3 is 11.1 Å². The molecule has 0 heterocycles. The molecule has 0 radical (unpaired) electrons. The molecule has 0 fully saturated rings. The summed E-state index contributed by atoms with van der Waals surface area (Å²) < 4.78 is 0. The molecule has 0 bridgehead atoms. The lowest BCUT2D eigenvalue weighted by atomic mass is 10.0. The van der Waals surface area contributed by atoms with E-state index >= 15 is 0 Å². The zero-order valence-corrected chi connectivity index (χ0v) is 12.4. The minimum atomic E-state index is -0.0705. The van der Waals surface area contributed by atoms with Gasteiger partial charge in [0.25, 0.3) is 0 Å². The van der Waals surface area contributed by atoms with Crippen LogP contribution in [0.4, 0.5) is 5.69 Å². The number of hydrogen-bond donors (Lipinski definition) is 2. The molecule has 1 atom stereocenters. The van der Waals surface area contributed by atoms with E-state index in [-0.39, 0.29) is 11.9 Å². The van der Waals surface area contributed by atoms with Crippen molar-refractivity contribution in [1.82, 2.24) is 0 Å². The largest absolute Gasteiger partial charge is 0.327 e. The highest BCUT2D eigenvalue weighted by atomic mass is 16.1. The topological polar surface area (TPSA) is 55.1 Å². The third-order valence-corrected chi connectivity index (χ3v) is 3.39. The number of rotatable bonds is 6. The summed E-state index contributed by atoms with van der Waals surface area (Å²) in [6.45, 7) is 2.07. The Kier molecular flexibility index (Phi) is 5.52. The Balaban J connectivity index is 2.12. The Morgan fingerprint density at radius 1 is 1.10 bits per heavy atom. The van der Waals surface area contributed by atoms with Crippen LogP contribution in [0.2, 0.25) is 0 Å². The molecule has 0 aliphatic rings. The highest BCUT2D eigenvalue weighted by Gasteiger charge is 2.11. The molecule has 0 aromatic heterocycles. The van der Waals surface area contributed by atoms with E-state index in [1.807, 2.05) is 54.6 Å². The minimum absolute atomic E-state index is 0.0284. The van der Waals surface area contributed by atoms with Gasteiger partial charge in [-0.2, -0.15) is 0 Å². The van der Waals surface area contributed by atoms with Crippen LogP contribution in [0.15, 0.2) is 54.6 Å². The highest BCUT2D eigenvalue weighted by Crippen LogP contribution is 2.27. The Morgan fingerprint density at radius 3 is 2.48 bits per heavy atom. The van der Waals surface area contributed by atoms with E-state index in [1.54, 1.807) is 0 Å². The van der Waals surface area contributed by atoms with Gasteiger partial charge in [-0.3, -0.25) is 4.79 Å². The lowest BCUT2D eigenvalue weighted by Crippen LogP contribution is -2.27. The lowest BCUT2D eigenvalue weighted by Gasteiger charge is -2.13. The van der Waals surface area contributed by atoms with Crippen LogP contribution in [0.3, 0.4) is 0 Å². The number of carbonyl (C=O) groups is 1. The monoisotopic (exact) mass is 282 g/mol. The number of hydrogen-bond acceptors (Lipinski definition) is 2. The first-order valence-corrected chi connectivity index (χ1v) is 7.40. The molecule has 2 aromatic rings. The first kappa shape index (κ1) is 15.3. The Morgan fingerprint density at radius 2 is 1.76 bits per heavy atom. The van der Waals surface area contributed by atoms with Crippen LogP contribution < -0.4 is 11.1 Å². The summed E-state index contributed by atoms with van der Waals surface area (Å²) in [5.74, 6) is -0.0284. The number of nitrogens with two attached hydrogens (primary N) is 1. The molecular weight excluding hydrogens is 260 g/mol. The summed E-state index contributed by atoms with van der Waals surface area (Å²) in [5, 5.41) is 2.98. The molecule has 0 spiro atoms. The second kappa shape index (κ2) is 7.60. The van der Waals surface area contributed by atoms with Gasteiger partial charge in [-0.25, -0.2) is 0 Å². The number of carbonyl (C=O) groups excluding carboxylic acids is 1. The Labute approximate surface area is 126 Å². The fourth-order valence-electron chi connectivity index (χ4n) is 2.37. The van der Waals surface area contributed by atoms with Crippen molar-refractivity contribution in [1.29, 1.82) is 0 Å². The van der Waals surface area contributed by atoms with E-state index in [9.17, 15) is 4.79 Å².